The summed E-state index contributed by atoms with van der Waals surface area (Å²) in [6.07, 6.45) is 0. The molecule has 1 amide bonds. The second kappa shape index (κ2) is 8.78. The number of nitro benzene ring substituents is 1. The molecule has 0 fully saturated rings. The van der Waals surface area contributed by atoms with Crippen LogP contribution in [0.1, 0.15) is 10.4 Å². The molecule has 160 valence electrons. The van der Waals surface area contributed by atoms with E-state index in [0.29, 0.717) is 21.7 Å². The van der Waals surface area contributed by atoms with E-state index in [1.807, 2.05) is 0 Å². The third-order valence-electron chi connectivity index (χ3n) is 4.42. The van der Waals surface area contributed by atoms with Crippen LogP contribution in [0.3, 0.4) is 0 Å². The van der Waals surface area contributed by atoms with Gasteiger partial charge in [-0.2, -0.15) is 0 Å². The van der Waals surface area contributed by atoms with Crippen LogP contribution < -0.4 is 16.3 Å². The van der Waals surface area contributed by atoms with E-state index in [4.69, 9.17) is 16.0 Å². The maximum absolute atomic E-state index is 13.0. The van der Waals surface area contributed by atoms with Crippen molar-refractivity contribution in [3.8, 4) is 5.75 Å². The third kappa shape index (κ3) is 4.68. The van der Waals surface area contributed by atoms with Crippen LogP contribution in [0.2, 0.25) is 5.02 Å². The predicted octanol–water partition coefficient (Wildman–Crippen LogP) is 4.88. The van der Waals surface area contributed by atoms with Gasteiger partial charge in [0.25, 0.3) is 11.6 Å². The van der Waals surface area contributed by atoms with Gasteiger partial charge in [0.1, 0.15) is 16.9 Å². The summed E-state index contributed by atoms with van der Waals surface area (Å²) >= 11 is 5.89. The summed E-state index contributed by atoms with van der Waals surface area (Å²) in [5.41, 5.74) is 3.82. The van der Waals surface area contributed by atoms with Gasteiger partial charge in [-0.3, -0.25) is 20.3 Å². The normalized spacial score (nSPS) is 11.3. The number of halogens is 1. The number of carbonyl (C=O) groups is 1. The van der Waals surface area contributed by atoms with E-state index in [1.54, 1.807) is 36.4 Å². The highest BCUT2D eigenvalue weighted by atomic mass is 35.5. The molecule has 0 unspecified atom stereocenters. The molecule has 0 atom stereocenters. The van der Waals surface area contributed by atoms with Crippen molar-refractivity contribution in [2.24, 2.45) is 5.10 Å². The number of benzene rings is 3. The van der Waals surface area contributed by atoms with Gasteiger partial charge in [-0.1, -0.05) is 17.7 Å². The van der Waals surface area contributed by atoms with Crippen molar-refractivity contribution in [2.45, 2.75) is 0 Å². The van der Waals surface area contributed by atoms with Gasteiger partial charge in [0.05, 0.1) is 10.6 Å². The molecule has 0 aliphatic carbocycles. The van der Waals surface area contributed by atoms with E-state index in [2.05, 4.69) is 15.8 Å². The van der Waals surface area contributed by atoms with Crippen molar-refractivity contribution in [1.29, 1.82) is 0 Å². The highest BCUT2D eigenvalue weighted by Gasteiger charge is 2.15. The number of rotatable bonds is 5. The number of nitro groups is 1. The van der Waals surface area contributed by atoms with E-state index < -0.39 is 10.8 Å². The van der Waals surface area contributed by atoms with Crippen LogP contribution in [0.25, 0.3) is 11.0 Å². The first-order chi connectivity index (χ1) is 15.4. The van der Waals surface area contributed by atoms with Crippen LogP contribution in [0.5, 0.6) is 5.75 Å². The van der Waals surface area contributed by atoms with E-state index in [0.717, 1.165) is 0 Å². The van der Waals surface area contributed by atoms with Crippen molar-refractivity contribution in [3.05, 3.63) is 99.1 Å². The molecule has 10 heteroatoms. The van der Waals surface area contributed by atoms with Crippen LogP contribution in [-0.2, 0) is 0 Å². The zero-order valence-electron chi connectivity index (χ0n) is 16.3. The molecular weight excluding hydrogens is 436 g/mol. The fourth-order valence-electron chi connectivity index (χ4n) is 2.89. The Morgan fingerprint density at radius 2 is 1.81 bits per heavy atom. The second-order valence-electron chi connectivity index (χ2n) is 6.68. The number of amides is 1. The molecule has 0 bridgehead atoms. The maximum atomic E-state index is 13.0. The second-order valence-corrected chi connectivity index (χ2v) is 7.12. The van der Waals surface area contributed by atoms with Gasteiger partial charge in [0.2, 0.25) is 5.55 Å². The van der Waals surface area contributed by atoms with Gasteiger partial charge >= 0.3 is 0 Å². The van der Waals surface area contributed by atoms with Crippen LogP contribution in [0.15, 0.2) is 82.3 Å². The zero-order chi connectivity index (χ0) is 22.7. The Labute approximate surface area is 185 Å². The van der Waals surface area contributed by atoms with Crippen LogP contribution in [0.4, 0.5) is 17.1 Å². The molecule has 1 heterocycles. The van der Waals surface area contributed by atoms with E-state index in [1.165, 1.54) is 36.4 Å². The molecular formula is C22H15ClN4O5. The number of phenols is 1. The number of nitrogens with one attached hydrogen (secondary N) is 2. The highest BCUT2D eigenvalue weighted by Crippen LogP contribution is 2.21. The molecule has 0 saturated heterocycles. The van der Waals surface area contributed by atoms with Gasteiger partial charge < -0.3 is 14.8 Å². The molecule has 4 aromatic rings. The number of non-ortho nitro benzene ring substituents is 1. The molecule has 1 aromatic heterocycles. The minimum absolute atomic E-state index is 0.00772. The number of aromatic hydroxyl groups is 1. The lowest BCUT2D eigenvalue weighted by molar-refractivity contribution is -0.384. The Morgan fingerprint density at radius 3 is 2.56 bits per heavy atom. The fourth-order valence-corrected chi connectivity index (χ4v) is 3.01. The van der Waals surface area contributed by atoms with Crippen LogP contribution in [0, 0.1) is 10.1 Å². The molecule has 0 aliphatic rings. The Hall–Kier alpha value is -4.37. The fraction of sp³-hybridized carbons (Fsp3) is 0. The number of hydrogen-bond acceptors (Lipinski definition) is 7. The van der Waals surface area contributed by atoms with Crippen molar-refractivity contribution < 1.29 is 19.2 Å². The standard InChI is InChI=1S/C22H15ClN4O5/c23-14-5-7-15(8-6-14)25-26-22-19(10-13-4-9-18(28)12-20(13)32-22)21(29)24-16-2-1-3-17(11-16)27(30)31/h1-12,25,28H,(H,24,29)/b26-22-. The number of anilines is 2. The number of carbonyl (C=O) groups excluding carboxylic acids is 1. The first kappa shape index (κ1) is 20.9. The molecule has 0 aliphatic heterocycles. The molecule has 0 radical (unpaired) electrons. The Balaban J connectivity index is 1.75. The molecule has 9 nitrogen and oxygen atoms in total. The minimum Gasteiger partial charge on any atom is -0.508 e. The lowest BCUT2D eigenvalue weighted by Crippen LogP contribution is -2.22. The molecule has 3 N–H and O–H groups in total. The molecule has 0 spiro atoms. The maximum Gasteiger partial charge on any atom is 0.271 e. The van der Waals surface area contributed by atoms with E-state index in [-0.39, 0.29) is 28.2 Å². The topological polar surface area (TPSA) is 130 Å². The van der Waals surface area contributed by atoms with Gasteiger partial charge in [-0.15, -0.1) is 5.10 Å². The number of nitrogens with zero attached hydrogens (tertiary/aromatic N) is 2. The van der Waals surface area contributed by atoms with Gasteiger partial charge in [-0.05, 0) is 48.5 Å². The third-order valence-corrected chi connectivity index (χ3v) is 4.68. The molecule has 32 heavy (non-hydrogen) atoms. The van der Waals surface area contributed by atoms with E-state index >= 15 is 0 Å². The van der Waals surface area contributed by atoms with Crippen molar-refractivity contribution >= 4 is 45.5 Å². The smallest absolute Gasteiger partial charge is 0.271 e. The highest BCUT2D eigenvalue weighted by molar-refractivity contribution is 6.30. The summed E-state index contributed by atoms with van der Waals surface area (Å²) < 4.78 is 5.76. The largest absolute Gasteiger partial charge is 0.508 e. The summed E-state index contributed by atoms with van der Waals surface area (Å²) in [6, 6.07) is 18.3. The Kier molecular flexibility index (Phi) is 5.73. The number of hydrogen-bond donors (Lipinski definition) is 3. The number of phenolic OH excluding ortho intramolecular Hbond substituents is 1. The summed E-state index contributed by atoms with van der Waals surface area (Å²) in [4.78, 5) is 23.4. The average molecular weight is 451 g/mol. The first-order valence-corrected chi connectivity index (χ1v) is 9.65. The van der Waals surface area contributed by atoms with Crippen molar-refractivity contribution in [3.63, 3.8) is 0 Å². The summed E-state index contributed by atoms with van der Waals surface area (Å²) in [5.74, 6) is -0.590. The first-order valence-electron chi connectivity index (χ1n) is 9.27. The molecule has 0 saturated carbocycles. The molecule has 3 aromatic carbocycles. The summed E-state index contributed by atoms with van der Waals surface area (Å²) in [5, 5.41) is 28.7. The summed E-state index contributed by atoms with van der Waals surface area (Å²) in [7, 11) is 0. The van der Waals surface area contributed by atoms with Gasteiger partial charge in [0.15, 0.2) is 0 Å². The SMILES string of the molecule is O=C(Nc1cccc([N+](=O)[O-])c1)c1cc2ccc(O)cc2o/c1=N\Nc1ccc(Cl)cc1. The van der Waals surface area contributed by atoms with E-state index in [9.17, 15) is 20.0 Å². The van der Waals surface area contributed by atoms with Crippen LogP contribution >= 0.6 is 11.6 Å². The minimum atomic E-state index is -0.583. The average Bonchev–Trinajstić information content (AvgIpc) is 2.78. The number of fused-ring (bicyclic) bond motifs is 1. The predicted molar refractivity (Wildman–Crippen MR) is 120 cm³/mol. The lowest BCUT2D eigenvalue weighted by atomic mass is 10.1. The van der Waals surface area contributed by atoms with Crippen molar-refractivity contribution in [1.82, 2.24) is 0 Å². The van der Waals surface area contributed by atoms with Crippen molar-refractivity contribution in [2.75, 3.05) is 10.7 Å². The Morgan fingerprint density at radius 1 is 1.03 bits per heavy atom. The van der Waals surface area contributed by atoms with Gasteiger partial charge in [-0.25, -0.2) is 0 Å². The van der Waals surface area contributed by atoms with Crippen LogP contribution in [-0.4, -0.2) is 15.9 Å². The molecule has 4 rings (SSSR count). The zero-order valence-corrected chi connectivity index (χ0v) is 17.0. The summed E-state index contributed by atoms with van der Waals surface area (Å²) in [6.45, 7) is 0. The monoisotopic (exact) mass is 450 g/mol. The quantitative estimate of drug-likeness (QED) is 0.293. The lowest BCUT2D eigenvalue weighted by Gasteiger charge is -2.08. The van der Waals surface area contributed by atoms with Gasteiger partial charge in [0, 0.05) is 34.3 Å². The Bertz CT molecular complexity index is 1400.